The highest BCUT2D eigenvalue weighted by Crippen LogP contribution is 2.38. The van der Waals surface area contributed by atoms with Crippen molar-refractivity contribution in [3.8, 4) is 0 Å². The monoisotopic (exact) mass is 517 g/mol. The minimum absolute atomic E-state index is 0.0147. The highest BCUT2D eigenvalue weighted by molar-refractivity contribution is 8.25. The molecule has 0 bridgehead atoms. The number of benzene rings is 1. The van der Waals surface area contributed by atoms with Gasteiger partial charge in [0.2, 0.25) is 0 Å². The molecule has 1 aliphatic heterocycles. The average molecular weight is 518 g/mol. The second-order valence-electron chi connectivity index (χ2n) is 9.25. The summed E-state index contributed by atoms with van der Waals surface area (Å²) in [6.07, 6.45) is 3.59. The number of rotatable bonds is 7. The van der Waals surface area contributed by atoms with Crippen molar-refractivity contribution in [3.05, 3.63) is 35.1 Å². The van der Waals surface area contributed by atoms with Crippen molar-refractivity contribution in [2.45, 2.75) is 68.2 Å². The fourth-order valence-electron chi connectivity index (χ4n) is 4.03. The van der Waals surface area contributed by atoms with Gasteiger partial charge in [-0.05, 0) is 63.5 Å². The zero-order valence-corrected chi connectivity index (χ0v) is 21.1. The van der Waals surface area contributed by atoms with Gasteiger partial charge in [0.1, 0.15) is 4.75 Å². The van der Waals surface area contributed by atoms with Crippen molar-refractivity contribution in [3.63, 3.8) is 0 Å². The maximum Gasteiger partial charge on any atom is 0.323 e. The van der Waals surface area contributed by atoms with Crippen LogP contribution in [0.5, 0.6) is 0 Å². The first kappa shape index (κ1) is 26.7. The number of carboxylic acid groups (broad SMARTS) is 1. The van der Waals surface area contributed by atoms with Crippen LogP contribution in [0.25, 0.3) is 0 Å². The lowest BCUT2D eigenvalue weighted by atomic mass is 9.86. The van der Waals surface area contributed by atoms with E-state index < -0.39 is 28.2 Å². The molecule has 0 aromatic heterocycles. The van der Waals surface area contributed by atoms with E-state index in [1.54, 1.807) is 18.7 Å². The summed E-state index contributed by atoms with van der Waals surface area (Å²) in [7, 11) is 0. The number of thioether (sulfide) groups is 2. The van der Waals surface area contributed by atoms with E-state index in [2.05, 4.69) is 17.2 Å². The molecule has 1 aliphatic carbocycles. The highest BCUT2D eigenvalue weighted by atomic mass is 32.2. The lowest BCUT2D eigenvalue weighted by molar-refractivity contribution is -0.138. The van der Waals surface area contributed by atoms with E-state index in [0.717, 1.165) is 31.7 Å². The Morgan fingerprint density at radius 2 is 1.88 bits per heavy atom. The number of amides is 2. The molecular weight excluding hydrogens is 487 g/mol. The third-order valence-electron chi connectivity index (χ3n) is 6.21. The summed E-state index contributed by atoms with van der Waals surface area (Å²) in [4.78, 5) is 30.6. The predicted octanol–water partition coefficient (Wildman–Crippen LogP) is 5.26. The molecular formula is C23H30F3N3O3S2. The van der Waals surface area contributed by atoms with E-state index in [-0.39, 0.29) is 35.2 Å². The standard InChI is InChI=1S/C23H30F3N3O3S2/c1-13-4-7-15(8-5-13)29(11-10-14-6-9-16(24)19(26)18(14)25)22(32)28-21-27-12-17(33-21)34-23(2,3)20(30)31/h6,9,13,15,17H,4-5,7-8,10-12H2,1-3H3,(H,30,31)(H,27,28,32)/t13-,15-,17?. The van der Waals surface area contributed by atoms with Gasteiger partial charge in [-0.3, -0.25) is 15.1 Å². The summed E-state index contributed by atoms with van der Waals surface area (Å²) in [5.41, 5.74) is 0.0147. The summed E-state index contributed by atoms with van der Waals surface area (Å²) >= 11 is 2.58. The maximum atomic E-state index is 14.2. The lowest BCUT2D eigenvalue weighted by Gasteiger charge is -2.36. The highest BCUT2D eigenvalue weighted by Gasteiger charge is 2.35. The predicted molar refractivity (Wildman–Crippen MR) is 130 cm³/mol. The number of aliphatic imine (C=N–C) groups is 1. The van der Waals surface area contributed by atoms with Gasteiger partial charge in [0.15, 0.2) is 22.6 Å². The topological polar surface area (TPSA) is 82.0 Å². The Hall–Kier alpha value is -1.88. The smallest absolute Gasteiger partial charge is 0.323 e. The van der Waals surface area contributed by atoms with Crippen LogP contribution in [0.15, 0.2) is 17.1 Å². The molecule has 1 aromatic rings. The fourth-order valence-corrected chi connectivity index (χ4v) is 6.82. The van der Waals surface area contributed by atoms with Crippen LogP contribution in [0.4, 0.5) is 18.0 Å². The number of nitrogens with zero attached hydrogens (tertiary/aromatic N) is 2. The molecule has 2 aliphatic rings. The van der Waals surface area contributed by atoms with Gasteiger partial charge in [0, 0.05) is 12.6 Å². The summed E-state index contributed by atoms with van der Waals surface area (Å²) in [6, 6.07) is 1.67. The van der Waals surface area contributed by atoms with Crippen molar-refractivity contribution >= 4 is 40.7 Å². The Morgan fingerprint density at radius 3 is 2.53 bits per heavy atom. The summed E-state index contributed by atoms with van der Waals surface area (Å²) < 4.78 is 40.0. The van der Waals surface area contributed by atoms with E-state index in [4.69, 9.17) is 0 Å². The van der Waals surface area contributed by atoms with Gasteiger partial charge < -0.3 is 10.0 Å². The van der Waals surface area contributed by atoms with Crippen molar-refractivity contribution in [1.82, 2.24) is 10.2 Å². The first-order valence-electron chi connectivity index (χ1n) is 11.3. The lowest BCUT2D eigenvalue weighted by Crippen LogP contribution is -2.49. The van der Waals surface area contributed by atoms with Crippen LogP contribution < -0.4 is 5.32 Å². The van der Waals surface area contributed by atoms with Crippen molar-refractivity contribution in [1.29, 1.82) is 0 Å². The van der Waals surface area contributed by atoms with Crippen LogP contribution >= 0.6 is 23.5 Å². The summed E-state index contributed by atoms with van der Waals surface area (Å²) in [5, 5.41) is 12.6. The molecule has 2 N–H and O–H groups in total. The van der Waals surface area contributed by atoms with Gasteiger partial charge in [-0.15, -0.1) is 11.8 Å². The maximum absolute atomic E-state index is 14.2. The molecule has 11 heteroatoms. The van der Waals surface area contributed by atoms with Gasteiger partial charge >= 0.3 is 12.0 Å². The summed E-state index contributed by atoms with van der Waals surface area (Å²) in [5.74, 6) is -4.33. The van der Waals surface area contributed by atoms with Gasteiger partial charge in [0.25, 0.3) is 0 Å². The molecule has 1 unspecified atom stereocenters. The average Bonchev–Trinajstić information content (AvgIpc) is 3.20. The number of hydrogen-bond acceptors (Lipinski definition) is 5. The molecule has 34 heavy (non-hydrogen) atoms. The molecule has 0 spiro atoms. The Balaban J connectivity index is 1.66. The number of aliphatic carboxylic acids is 1. The Morgan fingerprint density at radius 1 is 1.21 bits per heavy atom. The van der Waals surface area contributed by atoms with Crippen molar-refractivity contribution in [2.24, 2.45) is 10.9 Å². The van der Waals surface area contributed by atoms with E-state index in [1.165, 1.54) is 29.6 Å². The number of urea groups is 1. The fraction of sp³-hybridized carbons (Fsp3) is 0.609. The van der Waals surface area contributed by atoms with Crippen LogP contribution in [0.2, 0.25) is 0 Å². The second kappa shape index (κ2) is 11.2. The van der Waals surface area contributed by atoms with E-state index >= 15 is 0 Å². The van der Waals surface area contributed by atoms with Gasteiger partial charge in [0.05, 0.1) is 11.1 Å². The first-order valence-corrected chi connectivity index (χ1v) is 13.1. The molecule has 1 fully saturated rings. The number of carbonyl (C=O) groups excluding carboxylic acids is 1. The minimum atomic E-state index is -1.51. The third-order valence-corrected chi connectivity index (χ3v) is 8.83. The number of carbonyl (C=O) groups is 2. The van der Waals surface area contributed by atoms with Crippen LogP contribution in [0.3, 0.4) is 0 Å². The zero-order chi connectivity index (χ0) is 25.0. The van der Waals surface area contributed by atoms with Gasteiger partial charge in [-0.2, -0.15) is 0 Å². The Labute approximate surface area is 206 Å². The Bertz CT molecular complexity index is 953. The number of amidine groups is 1. The molecule has 188 valence electrons. The molecule has 1 heterocycles. The zero-order valence-electron chi connectivity index (χ0n) is 19.4. The van der Waals surface area contributed by atoms with E-state index in [1.807, 2.05) is 0 Å². The van der Waals surface area contributed by atoms with Crippen molar-refractivity contribution < 1.29 is 27.9 Å². The Kier molecular flexibility index (Phi) is 8.83. The molecule has 3 rings (SSSR count). The third kappa shape index (κ3) is 6.62. The van der Waals surface area contributed by atoms with Gasteiger partial charge in [-0.1, -0.05) is 24.8 Å². The number of halogens is 3. The minimum Gasteiger partial charge on any atom is -0.480 e. The molecule has 1 aromatic carbocycles. The SMILES string of the molecule is CC(C)(SC1CN=C(NC(=O)N(CCc2ccc(F)c(F)c2F)[C@H]2CC[C@H](C)CC2)S1)C(=O)O. The quantitative estimate of drug-likeness (QED) is 0.482. The van der Waals surface area contributed by atoms with E-state index in [9.17, 15) is 27.9 Å². The molecule has 1 saturated carbocycles. The molecule has 0 radical (unpaired) electrons. The van der Waals surface area contributed by atoms with Crippen LogP contribution in [-0.4, -0.2) is 55.6 Å². The van der Waals surface area contributed by atoms with Crippen LogP contribution in [-0.2, 0) is 11.2 Å². The number of carboxylic acids is 1. The van der Waals surface area contributed by atoms with Crippen LogP contribution in [0.1, 0.15) is 52.0 Å². The molecule has 2 amide bonds. The second-order valence-corrected chi connectivity index (χ2v) is 12.6. The first-order chi connectivity index (χ1) is 16.0. The number of hydrogen-bond donors (Lipinski definition) is 2. The number of nitrogens with one attached hydrogen (secondary N) is 1. The molecule has 6 nitrogen and oxygen atoms in total. The van der Waals surface area contributed by atoms with Gasteiger partial charge in [-0.25, -0.2) is 18.0 Å². The van der Waals surface area contributed by atoms with Crippen LogP contribution in [0, 0.1) is 23.4 Å². The molecule has 0 saturated heterocycles. The normalized spacial score (nSPS) is 22.9. The molecule has 1 atom stereocenters. The van der Waals surface area contributed by atoms with Crippen molar-refractivity contribution in [2.75, 3.05) is 13.1 Å². The van der Waals surface area contributed by atoms with E-state index in [0.29, 0.717) is 17.6 Å². The largest absolute Gasteiger partial charge is 0.480 e. The summed E-state index contributed by atoms with van der Waals surface area (Å²) in [6.45, 7) is 5.94.